The molecule has 0 aliphatic carbocycles. The molecule has 0 fully saturated rings. The van der Waals surface area contributed by atoms with E-state index in [1.807, 2.05) is 36.4 Å². The van der Waals surface area contributed by atoms with Gasteiger partial charge in [0.05, 0.1) is 29.7 Å². The fourth-order valence-corrected chi connectivity index (χ4v) is 4.49. The van der Waals surface area contributed by atoms with E-state index in [9.17, 15) is 14.9 Å². The van der Waals surface area contributed by atoms with Crippen molar-refractivity contribution >= 4 is 27.8 Å². The van der Waals surface area contributed by atoms with Gasteiger partial charge in [-0.25, -0.2) is 4.79 Å². The van der Waals surface area contributed by atoms with Crippen molar-refractivity contribution in [1.29, 1.82) is 5.26 Å². The predicted octanol–water partition coefficient (Wildman–Crippen LogP) is 3.84. The van der Waals surface area contributed by atoms with Gasteiger partial charge in [0.1, 0.15) is 17.4 Å². The number of allylic oxidation sites excluding steroid dienone is 2. The number of hydrogen-bond donors (Lipinski definition) is 2. The number of nitrogens with one attached hydrogen (secondary N) is 1. The summed E-state index contributed by atoms with van der Waals surface area (Å²) in [4.78, 5) is 25.1. The van der Waals surface area contributed by atoms with E-state index in [1.54, 1.807) is 26.0 Å². The summed E-state index contributed by atoms with van der Waals surface area (Å²) in [6, 6.07) is 15.2. The summed E-state index contributed by atoms with van der Waals surface area (Å²) in [7, 11) is 1.45. The van der Waals surface area contributed by atoms with Gasteiger partial charge in [-0.05, 0) is 59.5 Å². The number of carbonyl (C=O) groups is 2. The number of amides is 1. The molecule has 3 rings (SSSR count). The second-order valence-corrected chi connectivity index (χ2v) is 8.88. The van der Waals surface area contributed by atoms with Crippen molar-refractivity contribution in [3.8, 4) is 17.6 Å². The Morgan fingerprint density at radius 3 is 2.62 bits per heavy atom. The van der Waals surface area contributed by atoms with E-state index in [0.717, 1.165) is 5.56 Å². The highest BCUT2D eigenvalue weighted by Crippen LogP contribution is 2.45. The summed E-state index contributed by atoms with van der Waals surface area (Å²) in [5.41, 5.74) is 7.84. The van der Waals surface area contributed by atoms with Crippen LogP contribution in [-0.2, 0) is 25.5 Å². The number of hydrogen-bond acceptors (Lipinski definition) is 8. The Hall–Kier alpha value is -3.97. The van der Waals surface area contributed by atoms with Gasteiger partial charge in [-0.15, -0.1) is 0 Å². The van der Waals surface area contributed by atoms with Crippen molar-refractivity contribution in [3.05, 3.63) is 80.9 Å². The number of benzene rings is 2. The van der Waals surface area contributed by atoms with Gasteiger partial charge in [0.25, 0.3) is 5.91 Å². The molecule has 10 heteroatoms. The molecule has 2 aromatic rings. The van der Waals surface area contributed by atoms with Gasteiger partial charge >= 0.3 is 5.97 Å². The first-order valence-corrected chi connectivity index (χ1v) is 12.4. The summed E-state index contributed by atoms with van der Waals surface area (Å²) in [6.45, 7) is 3.66. The van der Waals surface area contributed by atoms with Gasteiger partial charge < -0.3 is 30.0 Å². The van der Waals surface area contributed by atoms with Crippen LogP contribution in [0.1, 0.15) is 30.9 Å². The van der Waals surface area contributed by atoms with Crippen LogP contribution < -0.4 is 20.5 Å². The molecule has 1 unspecified atom stereocenters. The molecule has 0 saturated carbocycles. The lowest BCUT2D eigenvalue weighted by Crippen LogP contribution is -2.30. The lowest BCUT2D eigenvalue weighted by Gasteiger charge is -2.27. The minimum absolute atomic E-state index is 0.0640. The summed E-state index contributed by atoms with van der Waals surface area (Å²) in [5.74, 6) is -1.02. The van der Waals surface area contributed by atoms with Crippen LogP contribution in [0.5, 0.6) is 11.5 Å². The number of methoxy groups -OCH3 is 1. The monoisotopic (exact) mass is 569 g/mol. The molecule has 1 atom stereocenters. The van der Waals surface area contributed by atoms with Crippen LogP contribution in [0.2, 0.25) is 0 Å². The summed E-state index contributed by atoms with van der Waals surface area (Å²) >= 11 is 3.47. The Morgan fingerprint density at radius 2 is 1.97 bits per heavy atom. The Bertz CT molecular complexity index is 1270. The van der Waals surface area contributed by atoms with Crippen molar-refractivity contribution in [2.75, 3.05) is 26.9 Å². The first-order chi connectivity index (χ1) is 17.8. The van der Waals surface area contributed by atoms with E-state index >= 15 is 0 Å². The average Bonchev–Trinajstić information content (AvgIpc) is 2.87. The van der Waals surface area contributed by atoms with E-state index in [2.05, 4.69) is 21.2 Å². The maximum Gasteiger partial charge on any atom is 0.338 e. The molecular weight excluding hydrogens is 542 g/mol. The van der Waals surface area contributed by atoms with Crippen LogP contribution in [0.4, 0.5) is 0 Å². The first-order valence-electron chi connectivity index (χ1n) is 11.6. The van der Waals surface area contributed by atoms with E-state index in [4.69, 9.17) is 24.7 Å². The topological polar surface area (TPSA) is 133 Å². The number of nitrogens with two attached hydrogens (primary N) is 1. The number of rotatable bonds is 10. The third kappa shape index (κ3) is 6.62. The van der Waals surface area contributed by atoms with E-state index in [-0.39, 0.29) is 41.9 Å². The highest BCUT2D eigenvalue weighted by Gasteiger charge is 2.37. The predicted molar refractivity (Wildman–Crippen MR) is 139 cm³/mol. The molecule has 9 nitrogen and oxygen atoms in total. The summed E-state index contributed by atoms with van der Waals surface area (Å²) in [5, 5.41) is 12.6. The molecule has 0 spiro atoms. The SMILES string of the molecule is CCOC(=O)C1=C(C)OC(N)=C(C#N)C1c1cc(Br)c(OCC(=O)NCCc2ccccc2)c(OC)c1. The third-order valence-corrected chi connectivity index (χ3v) is 6.20. The zero-order valence-corrected chi connectivity index (χ0v) is 22.4. The standard InChI is InChI=1S/C27H28BrN3O6/c1-4-35-27(33)23-16(2)37-26(30)19(14-29)24(23)18-12-20(28)25(21(13-18)34-3)36-15-22(32)31-11-10-17-8-6-5-7-9-17/h5-9,12-13,24H,4,10-11,15,30H2,1-3H3,(H,31,32). The Morgan fingerprint density at radius 1 is 1.24 bits per heavy atom. The molecule has 2 aromatic carbocycles. The van der Waals surface area contributed by atoms with Crippen LogP contribution >= 0.6 is 15.9 Å². The van der Waals surface area contributed by atoms with Gasteiger partial charge in [-0.3, -0.25) is 4.79 Å². The lowest BCUT2D eigenvalue weighted by atomic mass is 9.83. The second-order valence-electron chi connectivity index (χ2n) is 8.02. The van der Waals surface area contributed by atoms with Gasteiger partial charge in [-0.2, -0.15) is 5.26 Å². The molecule has 1 aliphatic rings. The van der Waals surface area contributed by atoms with Gasteiger partial charge in [0.2, 0.25) is 5.88 Å². The van der Waals surface area contributed by atoms with E-state index < -0.39 is 11.9 Å². The highest BCUT2D eigenvalue weighted by atomic mass is 79.9. The molecule has 0 radical (unpaired) electrons. The highest BCUT2D eigenvalue weighted by molar-refractivity contribution is 9.10. The fourth-order valence-electron chi connectivity index (χ4n) is 3.91. The van der Waals surface area contributed by atoms with Crippen molar-refractivity contribution < 1.29 is 28.5 Å². The number of ether oxygens (including phenoxy) is 4. The molecule has 1 aliphatic heterocycles. The largest absolute Gasteiger partial charge is 0.493 e. The summed E-state index contributed by atoms with van der Waals surface area (Å²) in [6.07, 6.45) is 0.701. The number of halogens is 1. The molecule has 1 amide bonds. The zero-order chi connectivity index (χ0) is 26.9. The van der Waals surface area contributed by atoms with Gasteiger partial charge in [-0.1, -0.05) is 30.3 Å². The number of esters is 1. The Kier molecular flexibility index (Phi) is 9.57. The average molecular weight is 570 g/mol. The van der Waals surface area contributed by atoms with Gasteiger partial charge in [0.15, 0.2) is 18.1 Å². The van der Waals surface area contributed by atoms with Crippen molar-refractivity contribution in [2.45, 2.75) is 26.2 Å². The maximum atomic E-state index is 12.8. The molecule has 0 saturated heterocycles. The second kappa shape index (κ2) is 12.8. The van der Waals surface area contributed by atoms with E-state index in [0.29, 0.717) is 34.5 Å². The Labute approximate surface area is 224 Å². The molecule has 0 aromatic heterocycles. The van der Waals surface area contributed by atoms with Crippen molar-refractivity contribution in [2.24, 2.45) is 5.73 Å². The van der Waals surface area contributed by atoms with Crippen LogP contribution in [0.3, 0.4) is 0 Å². The normalized spacial score (nSPS) is 14.9. The lowest BCUT2D eigenvalue weighted by molar-refractivity contribution is -0.139. The van der Waals surface area contributed by atoms with Crippen molar-refractivity contribution in [1.82, 2.24) is 5.32 Å². The zero-order valence-electron chi connectivity index (χ0n) is 20.8. The number of nitriles is 1. The van der Waals surface area contributed by atoms with Crippen LogP contribution in [0.25, 0.3) is 0 Å². The molecule has 194 valence electrons. The minimum atomic E-state index is -0.849. The quantitative estimate of drug-likeness (QED) is 0.412. The minimum Gasteiger partial charge on any atom is -0.493 e. The van der Waals surface area contributed by atoms with Crippen LogP contribution in [0, 0.1) is 11.3 Å². The fraction of sp³-hybridized carbons (Fsp3) is 0.296. The Balaban J connectivity index is 1.81. The first kappa shape index (κ1) is 27.6. The van der Waals surface area contributed by atoms with Crippen LogP contribution in [0.15, 0.2) is 69.7 Å². The van der Waals surface area contributed by atoms with Gasteiger partial charge in [0, 0.05) is 6.54 Å². The van der Waals surface area contributed by atoms with E-state index in [1.165, 1.54) is 7.11 Å². The third-order valence-electron chi connectivity index (χ3n) is 5.61. The number of nitrogens with zero attached hydrogens (tertiary/aromatic N) is 1. The van der Waals surface area contributed by atoms with Crippen molar-refractivity contribution in [3.63, 3.8) is 0 Å². The summed E-state index contributed by atoms with van der Waals surface area (Å²) < 4.78 is 22.4. The molecule has 3 N–H and O–H groups in total. The maximum absolute atomic E-state index is 12.8. The van der Waals surface area contributed by atoms with Crippen LogP contribution in [-0.4, -0.2) is 38.7 Å². The molecule has 37 heavy (non-hydrogen) atoms. The molecular formula is C27H28BrN3O6. The molecule has 1 heterocycles. The number of carbonyl (C=O) groups excluding carboxylic acids is 2. The molecule has 0 bridgehead atoms. The smallest absolute Gasteiger partial charge is 0.338 e.